The fourth-order valence-corrected chi connectivity index (χ4v) is 4.31. The zero-order chi connectivity index (χ0) is 23.8. The molecule has 0 radical (unpaired) electrons. The molecule has 0 aliphatic heterocycles. The largest absolute Gasteiger partial charge is 0.493 e. The van der Waals surface area contributed by atoms with Crippen LogP contribution in [-0.2, 0) is 24.2 Å². The molecular weight excluding hydrogens is 422 g/mol. The van der Waals surface area contributed by atoms with Gasteiger partial charge in [0.25, 0.3) is 0 Å². The topological polar surface area (TPSA) is 56.1 Å². The minimum atomic E-state index is 0.0587. The van der Waals surface area contributed by atoms with Gasteiger partial charge in [-0.2, -0.15) is 0 Å². The van der Waals surface area contributed by atoms with E-state index in [-0.39, 0.29) is 5.91 Å². The Balaban J connectivity index is 1.31. The monoisotopic (exact) mass is 455 g/mol. The van der Waals surface area contributed by atoms with Crippen LogP contribution in [0.1, 0.15) is 35.4 Å². The highest BCUT2D eigenvalue weighted by atomic mass is 16.5. The molecule has 3 aromatic carbocycles. The number of fused-ring (bicyclic) bond motifs is 1. The lowest BCUT2D eigenvalue weighted by atomic mass is 10.1. The number of hydrogen-bond acceptors (Lipinski definition) is 3. The number of para-hydroxylation sites is 3. The summed E-state index contributed by atoms with van der Waals surface area (Å²) in [5.74, 6) is 2.11. The van der Waals surface area contributed by atoms with E-state index in [9.17, 15) is 4.79 Å². The van der Waals surface area contributed by atoms with Crippen LogP contribution in [0.3, 0.4) is 0 Å². The maximum Gasteiger partial charge on any atom is 0.224 e. The van der Waals surface area contributed by atoms with Gasteiger partial charge in [0.05, 0.1) is 24.1 Å². The number of benzene rings is 3. The average Bonchev–Trinajstić information content (AvgIpc) is 3.19. The standard InChI is InChI=1S/C29H33N3O2/c1-22-11-8-12-23(2)29(22)34-20-10-19-32-26-16-7-6-15-25(26)31-27(32)17-9-18-30-28(33)21-24-13-4-3-5-14-24/h3-8,11-16H,9-10,17-21H2,1-2H3,(H,30,33). The number of nitrogens with zero attached hydrogens (tertiary/aromatic N) is 2. The summed E-state index contributed by atoms with van der Waals surface area (Å²) in [7, 11) is 0. The highest BCUT2D eigenvalue weighted by molar-refractivity contribution is 5.78. The van der Waals surface area contributed by atoms with Gasteiger partial charge in [0.2, 0.25) is 5.91 Å². The molecule has 0 aliphatic rings. The fourth-order valence-electron chi connectivity index (χ4n) is 4.31. The first-order chi connectivity index (χ1) is 16.6. The summed E-state index contributed by atoms with van der Waals surface area (Å²) in [4.78, 5) is 17.1. The van der Waals surface area contributed by atoms with Gasteiger partial charge < -0.3 is 14.6 Å². The van der Waals surface area contributed by atoms with Gasteiger partial charge in [0.1, 0.15) is 11.6 Å². The van der Waals surface area contributed by atoms with E-state index in [1.807, 2.05) is 36.4 Å². The summed E-state index contributed by atoms with van der Waals surface area (Å²) >= 11 is 0. The van der Waals surface area contributed by atoms with Crippen LogP contribution in [0.4, 0.5) is 0 Å². The average molecular weight is 456 g/mol. The van der Waals surface area contributed by atoms with E-state index in [1.54, 1.807) is 0 Å². The first-order valence-corrected chi connectivity index (χ1v) is 12.1. The second-order valence-corrected chi connectivity index (χ2v) is 8.71. The van der Waals surface area contributed by atoms with Gasteiger partial charge in [0, 0.05) is 19.5 Å². The van der Waals surface area contributed by atoms with E-state index in [4.69, 9.17) is 9.72 Å². The van der Waals surface area contributed by atoms with Crippen molar-refractivity contribution in [3.05, 3.63) is 95.3 Å². The summed E-state index contributed by atoms with van der Waals surface area (Å²) in [5.41, 5.74) is 5.54. The van der Waals surface area contributed by atoms with Gasteiger partial charge in [-0.25, -0.2) is 4.98 Å². The van der Waals surface area contributed by atoms with Crippen molar-refractivity contribution in [1.82, 2.24) is 14.9 Å². The van der Waals surface area contributed by atoms with Gasteiger partial charge in [-0.05, 0) is 55.5 Å². The molecule has 4 aromatic rings. The molecule has 0 bridgehead atoms. The molecule has 0 atom stereocenters. The predicted molar refractivity (Wildman–Crippen MR) is 137 cm³/mol. The van der Waals surface area contributed by atoms with Crippen molar-refractivity contribution in [2.24, 2.45) is 0 Å². The molecule has 0 aliphatic carbocycles. The third-order valence-electron chi connectivity index (χ3n) is 6.02. The molecule has 5 heteroatoms. The molecule has 1 amide bonds. The second-order valence-electron chi connectivity index (χ2n) is 8.71. The summed E-state index contributed by atoms with van der Waals surface area (Å²) in [6.07, 6.45) is 2.98. The molecule has 1 N–H and O–H groups in total. The Bertz CT molecular complexity index is 1210. The Morgan fingerprint density at radius 3 is 2.44 bits per heavy atom. The molecule has 5 nitrogen and oxygen atoms in total. The van der Waals surface area contributed by atoms with E-state index < -0.39 is 0 Å². The number of aromatic nitrogens is 2. The van der Waals surface area contributed by atoms with E-state index in [2.05, 4.69) is 60.1 Å². The molecule has 0 saturated heterocycles. The maximum atomic E-state index is 12.2. The highest BCUT2D eigenvalue weighted by Gasteiger charge is 2.11. The van der Waals surface area contributed by atoms with Crippen LogP contribution < -0.4 is 10.1 Å². The smallest absolute Gasteiger partial charge is 0.224 e. The van der Waals surface area contributed by atoms with Crippen molar-refractivity contribution in [3.63, 3.8) is 0 Å². The Morgan fingerprint density at radius 2 is 1.65 bits per heavy atom. The van der Waals surface area contributed by atoms with Crippen molar-refractivity contribution in [1.29, 1.82) is 0 Å². The number of ether oxygens (including phenoxy) is 1. The summed E-state index contributed by atoms with van der Waals surface area (Å²) < 4.78 is 8.41. The first kappa shape index (κ1) is 23.6. The number of imidazole rings is 1. The highest BCUT2D eigenvalue weighted by Crippen LogP contribution is 2.23. The normalized spacial score (nSPS) is 11.0. The van der Waals surface area contributed by atoms with E-state index in [0.29, 0.717) is 19.6 Å². The van der Waals surface area contributed by atoms with Crippen LogP contribution >= 0.6 is 0 Å². The third-order valence-corrected chi connectivity index (χ3v) is 6.02. The molecule has 1 aromatic heterocycles. The Hall–Kier alpha value is -3.60. The lowest BCUT2D eigenvalue weighted by molar-refractivity contribution is -0.120. The van der Waals surface area contributed by atoms with Crippen molar-refractivity contribution in [3.8, 4) is 5.75 Å². The SMILES string of the molecule is Cc1cccc(C)c1OCCCn1c(CCCNC(=O)Cc2ccccc2)nc2ccccc21. The molecule has 1 heterocycles. The molecule has 0 saturated carbocycles. The fraction of sp³-hybridized carbons (Fsp3) is 0.310. The number of rotatable bonds is 11. The maximum absolute atomic E-state index is 12.2. The molecular formula is C29H33N3O2. The number of carbonyl (C=O) groups excluding carboxylic acids is 1. The first-order valence-electron chi connectivity index (χ1n) is 12.1. The molecule has 34 heavy (non-hydrogen) atoms. The van der Waals surface area contributed by atoms with Gasteiger partial charge in [-0.3, -0.25) is 4.79 Å². The van der Waals surface area contributed by atoms with E-state index in [0.717, 1.165) is 54.0 Å². The number of aryl methyl sites for hydroxylation is 4. The third kappa shape index (κ3) is 6.04. The Labute approximate surface area is 201 Å². The number of carbonyl (C=O) groups is 1. The Kier molecular flexibility index (Phi) is 7.97. The second kappa shape index (κ2) is 11.5. The molecule has 176 valence electrons. The molecule has 0 fully saturated rings. The van der Waals surface area contributed by atoms with E-state index in [1.165, 1.54) is 11.1 Å². The number of amides is 1. The van der Waals surface area contributed by atoms with E-state index >= 15 is 0 Å². The minimum Gasteiger partial charge on any atom is -0.493 e. The Morgan fingerprint density at radius 1 is 0.912 bits per heavy atom. The van der Waals surface area contributed by atoms with Crippen molar-refractivity contribution in [2.75, 3.05) is 13.2 Å². The van der Waals surface area contributed by atoms with Gasteiger partial charge in [-0.1, -0.05) is 60.7 Å². The van der Waals surface area contributed by atoms with Crippen LogP contribution in [0.25, 0.3) is 11.0 Å². The predicted octanol–water partition coefficient (Wildman–Crippen LogP) is 5.41. The zero-order valence-electron chi connectivity index (χ0n) is 20.1. The van der Waals surface area contributed by atoms with Crippen molar-refractivity contribution >= 4 is 16.9 Å². The summed E-state index contributed by atoms with van der Waals surface area (Å²) in [6, 6.07) is 24.3. The number of hydrogen-bond donors (Lipinski definition) is 1. The lowest BCUT2D eigenvalue weighted by Gasteiger charge is -2.13. The van der Waals surface area contributed by atoms with Crippen molar-refractivity contribution in [2.45, 2.75) is 46.1 Å². The summed E-state index contributed by atoms with van der Waals surface area (Å²) in [6.45, 7) is 6.32. The van der Waals surface area contributed by atoms with Crippen LogP contribution in [0.5, 0.6) is 5.75 Å². The molecule has 4 rings (SSSR count). The molecule has 0 unspecified atom stereocenters. The van der Waals surface area contributed by atoms with Crippen LogP contribution in [0, 0.1) is 13.8 Å². The number of nitrogens with one attached hydrogen (secondary N) is 1. The lowest BCUT2D eigenvalue weighted by Crippen LogP contribution is -2.26. The van der Waals surface area contributed by atoms with Crippen LogP contribution in [0.15, 0.2) is 72.8 Å². The van der Waals surface area contributed by atoms with Crippen LogP contribution in [0.2, 0.25) is 0 Å². The quantitative estimate of drug-likeness (QED) is 0.308. The van der Waals surface area contributed by atoms with Gasteiger partial charge in [0.15, 0.2) is 0 Å². The minimum absolute atomic E-state index is 0.0587. The van der Waals surface area contributed by atoms with Crippen LogP contribution in [-0.4, -0.2) is 28.6 Å². The zero-order valence-corrected chi connectivity index (χ0v) is 20.1. The molecule has 0 spiro atoms. The van der Waals surface area contributed by atoms with Gasteiger partial charge in [-0.15, -0.1) is 0 Å². The van der Waals surface area contributed by atoms with Gasteiger partial charge >= 0.3 is 0 Å². The summed E-state index contributed by atoms with van der Waals surface area (Å²) in [5, 5.41) is 3.04. The van der Waals surface area contributed by atoms with Crippen molar-refractivity contribution < 1.29 is 9.53 Å².